The number of aliphatic hydroxyl groups excluding tert-OH is 1. The molecule has 5 fully saturated rings. The summed E-state index contributed by atoms with van der Waals surface area (Å²) in [4.78, 5) is 18.9. The summed E-state index contributed by atoms with van der Waals surface area (Å²) in [5, 5.41) is 18.0. The molecule has 0 aromatic rings. The number of carbonyl (C=O) groups is 1. The Labute approximate surface area is 172 Å². The molecule has 0 radical (unpaired) electrons. The molecular weight excluding hydrogens is 371 g/mol. The van der Waals surface area contributed by atoms with Crippen LogP contribution < -0.4 is 5.32 Å². The maximum absolute atomic E-state index is 15.3. The molecule has 0 aromatic heterocycles. The largest absolute Gasteiger partial charge is 0.393 e. The van der Waals surface area contributed by atoms with E-state index in [-0.39, 0.29) is 34.7 Å². The Hall–Kier alpha value is -1.01. The van der Waals surface area contributed by atoms with Crippen LogP contribution in [0.3, 0.4) is 0 Å². The molecule has 2 N–H and O–H groups in total. The topological polar surface area (TPSA) is 70.9 Å². The number of alkyl halides is 1. The summed E-state index contributed by atoms with van der Waals surface area (Å²) in [6, 6.07) is 0. The third-order valence-electron chi connectivity index (χ3n) is 9.58. The van der Waals surface area contributed by atoms with E-state index in [0.717, 1.165) is 45.2 Å². The van der Waals surface area contributed by atoms with Crippen molar-refractivity contribution in [3.63, 3.8) is 0 Å². The summed E-state index contributed by atoms with van der Waals surface area (Å²) in [7, 11) is 0. The predicted molar refractivity (Wildman–Crippen MR) is 108 cm³/mol. The minimum absolute atomic E-state index is 0.0132. The van der Waals surface area contributed by atoms with Crippen LogP contribution >= 0.6 is 0 Å². The van der Waals surface area contributed by atoms with Crippen LogP contribution in [0.2, 0.25) is 0 Å². The summed E-state index contributed by atoms with van der Waals surface area (Å²) < 4.78 is 15.3. The highest BCUT2D eigenvalue weighted by Gasteiger charge is 2.63. The van der Waals surface area contributed by atoms with Gasteiger partial charge in [0.25, 0.3) is 0 Å². The van der Waals surface area contributed by atoms with Gasteiger partial charge in [-0.3, -0.25) is 4.79 Å². The number of carbonyl (C=O) groups excluding carboxylic acids is 1. The Morgan fingerprint density at radius 3 is 2.69 bits per heavy atom. The van der Waals surface area contributed by atoms with Crippen LogP contribution in [0.25, 0.3) is 0 Å². The number of hydrogen-bond acceptors (Lipinski definition) is 5. The molecule has 5 nitrogen and oxygen atoms in total. The number of aliphatic hydroxyl groups is 1. The van der Waals surface area contributed by atoms with Crippen LogP contribution in [-0.2, 0) is 9.63 Å². The average Bonchev–Trinajstić information content (AvgIpc) is 3.29. The van der Waals surface area contributed by atoms with Crippen LogP contribution in [0.1, 0.15) is 65.2 Å². The van der Waals surface area contributed by atoms with Gasteiger partial charge in [-0.05, 0) is 67.2 Å². The zero-order chi connectivity index (χ0) is 20.4. The van der Waals surface area contributed by atoms with Gasteiger partial charge in [0, 0.05) is 31.7 Å². The van der Waals surface area contributed by atoms with Gasteiger partial charge >= 0.3 is 0 Å². The van der Waals surface area contributed by atoms with E-state index in [4.69, 9.17) is 4.84 Å². The standard InChI is InChI=1S/C23H35FN2O3/c1-22-7-5-16-14(15(22)3-4-21(22)28)9-20(27)17-10-19(18(24)11-23(16,17)2)26-29-13-6-8-25-12-13/h13-18,21,25,28H,3-12H2,1-2H3/b26-19-/t13-,14+,15+,16+,17?,18-,21+,22+,23-/m1/s1. The average molecular weight is 407 g/mol. The molecule has 0 spiro atoms. The molecule has 1 aliphatic heterocycles. The van der Waals surface area contributed by atoms with E-state index in [9.17, 15) is 9.90 Å². The molecule has 9 atom stereocenters. The molecule has 1 unspecified atom stereocenters. The Balaban J connectivity index is 1.38. The van der Waals surface area contributed by atoms with Crippen molar-refractivity contribution in [2.45, 2.75) is 83.6 Å². The summed E-state index contributed by atoms with van der Waals surface area (Å²) in [5.74, 6) is 1.20. The minimum Gasteiger partial charge on any atom is -0.393 e. The third-order valence-corrected chi connectivity index (χ3v) is 9.58. The lowest BCUT2D eigenvalue weighted by Crippen LogP contribution is -2.58. The number of nitrogens with one attached hydrogen (secondary N) is 1. The normalized spacial score (nSPS) is 53.4. The fourth-order valence-corrected chi connectivity index (χ4v) is 7.80. The second kappa shape index (κ2) is 7.01. The van der Waals surface area contributed by atoms with E-state index in [1.165, 1.54) is 0 Å². The zero-order valence-corrected chi connectivity index (χ0v) is 17.7. The molecule has 29 heavy (non-hydrogen) atoms. The van der Waals surface area contributed by atoms with Crippen LogP contribution in [0.4, 0.5) is 4.39 Å². The van der Waals surface area contributed by atoms with Crippen LogP contribution in [0.5, 0.6) is 0 Å². The van der Waals surface area contributed by atoms with Gasteiger partial charge in [0.15, 0.2) is 0 Å². The summed E-state index contributed by atoms with van der Waals surface area (Å²) in [5.41, 5.74) is 0.0648. The number of oxime groups is 1. The SMILES string of the molecule is C[C@]12CC[C@H]3[C@@H](CC(=O)C4C/C(=N/O[C@@H]5CCNC5)[C@H](F)C[C@@]43C)[C@@H]1CC[C@@H]2O. The summed E-state index contributed by atoms with van der Waals surface area (Å²) in [6.07, 6.45) is 4.74. The first-order valence-corrected chi connectivity index (χ1v) is 11.6. The molecule has 1 heterocycles. The Kier molecular flexibility index (Phi) is 4.82. The van der Waals surface area contributed by atoms with E-state index < -0.39 is 6.17 Å². The van der Waals surface area contributed by atoms with Crippen LogP contribution in [0, 0.1) is 34.5 Å². The first-order chi connectivity index (χ1) is 13.8. The van der Waals surface area contributed by atoms with Crippen molar-refractivity contribution in [2.24, 2.45) is 39.7 Å². The zero-order valence-electron chi connectivity index (χ0n) is 17.7. The Bertz CT molecular complexity index is 708. The maximum Gasteiger partial charge on any atom is 0.142 e. The van der Waals surface area contributed by atoms with Crippen LogP contribution in [0.15, 0.2) is 5.16 Å². The number of fused-ring (bicyclic) bond motifs is 5. The monoisotopic (exact) mass is 406 g/mol. The maximum atomic E-state index is 15.3. The number of halogens is 1. The second-order valence-corrected chi connectivity index (χ2v) is 10.9. The van der Waals surface area contributed by atoms with Crippen molar-refractivity contribution < 1.29 is 19.1 Å². The van der Waals surface area contributed by atoms with Gasteiger partial charge in [0.2, 0.25) is 0 Å². The molecule has 4 saturated carbocycles. The smallest absolute Gasteiger partial charge is 0.142 e. The van der Waals surface area contributed by atoms with E-state index in [1.807, 2.05) is 0 Å². The fourth-order valence-electron chi connectivity index (χ4n) is 7.80. The Morgan fingerprint density at radius 2 is 1.93 bits per heavy atom. The lowest BCUT2D eigenvalue weighted by Gasteiger charge is -2.59. The molecular formula is C23H35FN2O3. The minimum atomic E-state index is -1.13. The van der Waals surface area contributed by atoms with E-state index in [2.05, 4.69) is 24.3 Å². The van der Waals surface area contributed by atoms with E-state index in [0.29, 0.717) is 42.7 Å². The highest BCUT2D eigenvalue weighted by atomic mass is 19.1. The third kappa shape index (κ3) is 3.00. The molecule has 0 bridgehead atoms. The molecule has 0 aromatic carbocycles. The molecule has 6 heteroatoms. The van der Waals surface area contributed by atoms with E-state index >= 15 is 4.39 Å². The number of ketones is 1. The molecule has 162 valence electrons. The first-order valence-electron chi connectivity index (χ1n) is 11.6. The van der Waals surface area contributed by atoms with Crippen molar-refractivity contribution >= 4 is 11.5 Å². The van der Waals surface area contributed by atoms with Crippen LogP contribution in [-0.4, -0.2) is 48.1 Å². The van der Waals surface area contributed by atoms with Crippen molar-refractivity contribution in [3.8, 4) is 0 Å². The number of rotatable bonds is 2. The lowest BCUT2D eigenvalue weighted by atomic mass is 9.44. The lowest BCUT2D eigenvalue weighted by molar-refractivity contribution is -0.154. The van der Waals surface area contributed by atoms with Gasteiger partial charge in [0.1, 0.15) is 18.1 Å². The summed E-state index contributed by atoms with van der Waals surface area (Å²) in [6.45, 7) is 6.03. The predicted octanol–water partition coefficient (Wildman–Crippen LogP) is 3.25. The van der Waals surface area contributed by atoms with Gasteiger partial charge in [-0.1, -0.05) is 19.0 Å². The van der Waals surface area contributed by atoms with Crippen molar-refractivity contribution in [3.05, 3.63) is 0 Å². The second-order valence-electron chi connectivity index (χ2n) is 10.9. The van der Waals surface area contributed by atoms with Crippen molar-refractivity contribution in [1.29, 1.82) is 0 Å². The quantitative estimate of drug-likeness (QED) is 0.691. The highest BCUT2D eigenvalue weighted by Crippen LogP contribution is 2.65. The number of nitrogens with zero attached hydrogens (tertiary/aromatic N) is 1. The van der Waals surface area contributed by atoms with Gasteiger partial charge in [-0.2, -0.15) is 0 Å². The number of hydrogen-bond donors (Lipinski definition) is 2. The first kappa shape index (κ1) is 19.9. The summed E-state index contributed by atoms with van der Waals surface area (Å²) >= 11 is 0. The van der Waals surface area contributed by atoms with Gasteiger partial charge in [0.05, 0.1) is 11.8 Å². The van der Waals surface area contributed by atoms with Gasteiger partial charge in [-0.15, -0.1) is 0 Å². The fraction of sp³-hybridized carbons (Fsp3) is 0.913. The van der Waals surface area contributed by atoms with Crippen molar-refractivity contribution in [1.82, 2.24) is 5.32 Å². The molecule has 1 saturated heterocycles. The van der Waals surface area contributed by atoms with Gasteiger partial charge < -0.3 is 15.3 Å². The van der Waals surface area contributed by atoms with E-state index in [1.54, 1.807) is 0 Å². The molecule has 0 amide bonds. The van der Waals surface area contributed by atoms with Gasteiger partial charge in [-0.25, -0.2) is 4.39 Å². The molecule has 5 aliphatic rings. The number of Topliss-reactive ketones (excluding diaryl/α,β-unsaturated/α-hetero) is 1. The van der Waals surface area contributed by atoms with Crippen molar-refractivity contribution in [2.75, 3.05) is 13.1 Å². The molecule has 4 aliphatic carbocycles. The highest BCUT2D eigenvalue weighted by molar-refractivity contribution is 5.95. The molecule has 5 rings (SSSR count). The Morgan fingerprint density at radius 1 is 1.14 bits per heavy atom.